The van der Waals surface area contributed by atoms with Crippen molar-refractivity contribution in [2.24, 2.45) is 46.8 Å². The SMILES string of the molecule is CC[C@H](C)[C@@H]1NC(=O)CNC(=O)C(N)Cc2c([nH]c3ccc(OC(C)=O)cc23)SCC(C(=O)NC(CC(N)=O)C(=O)N2CC(O)C[C@H]2C(=O)N[C@H](C(=O)O)C(C)[C@H](COC(C)=O)OC(C)=O)NC(=O)CNC1=O.CC[C@H](C)[C@@H]1NC(=O)CNC(=O)C2CC(=O)[C@H](C(C)[C@H](COC(C)=O)OC(C)=O)NC(=O)[C@@H]3CC(O)CN3C(=O)C(CC(N)=O)NC(=O)C(CSc3[nH]c4ccc(OC(C)=O)cc4c3C2)NC(=O)CNC1=O. The van der Waals surface area contributed by atoms with E-state index < -0.39 is 347 Å². The van der Waals surface area contributed by atoms with E-state index >= 15 is 4.79 Å². The monoisotopic (exact) mass is 2070 g/mol. The molecule has 5 aliphatic heterocycles. The molecule has 792 valence electrons. The molecule has 5 aliphatic rings. The Morgan fingerprint density at radius 2 is 1.01 bits per heavy atom. The van der Waals surface area contributed by atoms with Crippen molar-refractivity contribution >= 4 is 187 Å². The van der Waals surface area contributed by atoms with Crippen LogP contribution in [0.5, 0.6) is 11.5 Å². The number of carbonyl (C=O) groups is 24. The minimum Gasteiger partial charge on any atom is -0.480 e. The Bertz CT molecular complexity index is 5620. The summed E-state index contributed by atoms with van der Waals surface area (Å²) in [6.45, 7) is 11.3. The third-order valence-corrected chi connectivity index (χ3v) is 26.7. The quantitative estimate of drug-likeness (QED) is 0.0158. The lowest BCUT2D eigenvalue weighted by Crippen LogP contribution is -2.60. The van der Waals surface area contributed by atoms with Crippen molar-refractivity contribution in [3.63, 3.8) is 0 Å². The molecule has 52 nitrogen and oxygen atoms in total. The topological polar surface area (TPSA) is 786 Å². The average molecular weight is 2080 g/mol. The molecular weight excluding hydrogens is 1950 g/mol. The van der Waals surface area contributed by atoms with E-state index in [-0.39, 0.29) is 40.9 Å². The maximum atomic E-state index is 15.1. The number of amides is 16. The number of aliphatic hydroxyl groups excluding tert-OH is 2. The van der Waals surface area contributed by atoms with Gasteiger partial charge in [0.15, 0.2) is 5.78 Å². The fraction of sp³-hybridized carbons (Fsp3) is 0.560. The number of benzene rings is 2. The summed E-state index contributed by atoms with van der Waals surface area (Å²) in [6, 6.07) is -8.14. The summed E-state index contributed by atoms with van der Waals surface area (Å²) >= 11 is 1.88. The Morgan fingerprint density at radius 1 is 0.517 bits per heavy atom. The lowest BCUT2D eigenvalue weighted by Gasteiger charge is -2.33. The van der Waals surface area contributed by atoms with Gasteiger partial charge >= 0.3 is 41.8 Å². The van der Waals surface area contributed by atoms with Crippen LogP contribution in [-0.2, 0) is 147 Å². The summed E-state index contributed by atoms with van der Waals surface area (Å²) in [4.78, 5) is 327. The Balaban J connectivity index is 0.000000354. The highest BCUT2D eigenvalue weighted by Crippen LogP contribution is 2.38. The van der Waals surface area contributed by atoms with Gasteiger partial charge in [-0.1, -0.05) is 54.4 Å². The zero-order valence-corrected chi connectivity index (χ0v) is 83.1. The summed E-state index contributed by atoms with van der Waals surface area (Å²) in [5, 5.41) is 63.0. The molecule has 2 bridgehead atoms. The van der Waals surface area contributed by atoms with E-state index in [2.05, 4.69) is 73.8 Å². The van der Waals surface area contributed by atoms with Crippen LogP contribution in [0.1, 0.15) is 139 Å². The van der Waals surface area contributed by atoms with Gasteiger partial charge in [0.05, 0.1) is 73.4 Å². The van der Waals surface area contributed by atoms with E-state index in [0.717, 1.165) is 61.0 Å². The third kappa shape index (κ3) is 33.3. The normalized spacial score (nSPS) is 23.8. The molecule has 0 spiro atoms. The number of carbonyl (C=O) groups excluding carboxylic acids is 23. The smallest absolute Gasteiger partial charge is 0.326 e. The Kier molecular flexibility index (Phi) is 42.5. The van der Waals surface area contributed by atoms with Crippen LogP contribution in [0.15, 0.2) is 46.5 Å². The number of aliphatic hydroxyl groups is 2. The first-order valence-electron chi connectivity index (χ1n) is 46.3. The molecule has 4 aromatic rings. The second-order valence-electron chi connectivity index (χ2n) is 35.6. The van der Waals surface area contributed by atoms with Crippen molar-refractivity contribution in [3.8, 4) is 11.5 Å². The van der Waals surface area contributed by atoms with Crippen LogP contribution < -0.4 is 90.5 Å². The van der Waals surface area contributed by atoms with Gasteiger partial charge in [-0.2, -0.15) is 0 Å². The van der Waals surface area contributed by atoms with Crippen LogP contribution in [0.2, 0.25) is 0 Å². The van der Waals surface area contributed by atoms with Gasteiger partial charge < -0.3 is 145 Å². The first-order chi connectivity index (χ1) is 68.2. The second kappa shape index (κ2) is 53.2. The molecule has 2 fully saturated rings. The van der Waals surface area contributed by atoms with E-state index in [9.17, 15) is 126 Å². The minimum atomic E-state index is -1.87. The molecule has 54 heteroatoms. The lowest BCUT2D eigenvalue weighted by atomic mass is 9.85. The van der Waals surface area contributed by atoms with Crippen LogP contribution in [0, 0.1) is 29.6 Å². The van der Waals surface area contributed by atoms with E-state index in [1.54, 1.807) is 39.8 Å². The second-order valence-corrected chi connectivity index (χ2v) is 37.7. The number of hydrogen-bond donors (Lipinski definition) is 20. The fourth-order valence-electron chi connectivity index (χ4n) is 16.5. The number of rotatable bonds is 26. The number of carboxylic acids is 1. The van der Waals surface area contributed by atoms with Crippen LogP contribution in [0.25, 0.3) is 21.8 Å². The highest BCUT2D eigenvalue weighted by molar-refractivity contribution is 7.99. The number of aromatic amines is 2. The van der Waals surface area contributed by atoms with E-state index in [0.29, 0.717) is 50.8 Å². The van der Waals surface area contributed by atoms with Gasteiger partial charge in [-0.15, -0.1) is 23.5 Å². The van der Waals surface area contributed by atoms with Crippen molar-refractivity contribution in [2.75, 3.05) is 64.0 Å². The number of thioether (sulfide) groups is 2. The lowest BCUT2D eigenvalue weighted by molar-refractivity contribution is -0.162. The van der Waals surface area contributed by atoms with E-state index in [1.807, 2.05) is 0 Å². The van der Waals surface area contributed by atoms with Crippen molar-refractivity contribution in [1.82, 2.24) is 83.6 Å². The number of nitrogens with two attached hydrogens (primary N) is 3. The number of carboxylic acid groups (broad SMARTS) is 1. The van der Waals surface area contributed by atoms with E-state index in [1.165, 1.54) is 52.0 Å². The molecular formula is C91H123N19O33S2. The number of likely N-dealkylation sites (tertiary alicyclic amines) is 1. The highest BCUT2D eigenvalue weighted by Gasteiger charge is 2.49. The van der Waals surface area contributed by atoms with Crippen LogP contribution in [-0.4, -0.2) is 332 Å². The molecule has 20 atom stereocenters. The Morgan fingerprint density at radius 3 is 1.51 bits per heavy atom. The maximum Gasteiger partial charge on any atom is 0.326 e. The van der Waals surface area contributed by atoms with Crippen LogP contribution in [0.3, 0.4) is 0 Å². The Labute approximate surface area is 837 Å². The summed E-state index contributed by atoms with van der Waals surface area (Å²) in [7, 11) is 0. The summed E-state index contributed by atoms with van der Waals surface area (Å²) < 4.78 is 31.4. The van der Waals surface area contributed by atoms with Gasteiger partial charge in [-0.3, -0.25) is 110 Å². The number of ketones is 1. The number of β-amino-alcohol motifs (C(OH)–C–C–N with tert-alkyl or cyclic N) is 1. The average Bonchev–Trinajstić information content (AvgIpc) is 1.62. The summed E-state index contributed by atoms with van der Waals surface area (Å²) in [6.07, 6.45) is -8.51. The largest absolute Gasteiger partial charge is 0.480 e. The summed E-state index contributed by atoms with van der Waals surface area (Å²) in [5.41, 5.74) is 19.1. The zero-order valence-electron chi connectivity index (χ0n) is 81.5. The third-order valence-electron chi connectivity index (χ3n) is 24.4. The molecule has 2 aromatic heterocycles. The van der Waals surface area contributed by atoms with Gasteiger partial charge in [-0.25, -0.2) is 4.79 Å². The predicted molar refractivity (Wildman–Crippen MR) is 506 cm³/mol. The number of fused-ring (bicyclic) bond motifs is 8. The standard InChI is InChI=1S/C46H61N9O16S.C45H62N10O17S/c1-7-20(2)39-44(67)49-15-37(62)50-32-19-72-45-29(28-13-27(70-23(5)57)8-9-30(28)52-45)10-25(41(64)48-16-38(63)53-39)11-34(60)40(21(3)35(71-24(6)58)18-69-22(4)56)54-43(66)33-12-26(59)17-55(33)46(68)31(14-36(47)61)51-42(32)65;1-7-19(2)37-42(66)49-14-35(61)50-31(18-73-43-27(12-28(46)39(63)48-15-36(62)53-37)26-11-25(71-22(5)57)8-9-29(26)52-43)40(64)51-30(13-34(47)60)44(67)55-16-24(59)10-32(55)41(65)54-38(45(68)69)20(3)33(72-23(6)58)17-70-21(4)56/h8-9,13,20-21,25-26,31-33,35,39-40,52,59H,7,10-12,14-19H2,1-6H3,(H2,47,61)(H,48,64)(H,49,67)(H,50,62)(H,51,65)(H,53,63)(H,54,66);8-9,11,19-20,24,28,30-33,37-38,52,59H,7,10,12-18,46H2,1-6H3,(H2,47,60)(H,48,63)(H,49,66)(H,50,61)(H,51,64)(H,53,62)(H,54,65)(H,68,69)/t20-,21?,25?,26?,31?,32?,33-,35-,39-,40-;19-,20?,24?,28?,30?,31?,32-,33-,37-,38-/m00/s1. The Hall–Kier alpha value is -14.4. The van der Waals surface area contributed by atoms with Crippen molar-refractivity contribution < 1.29 is 159 Å². The maximum absolute atomic E-state index is 15.1. The number of hydrogen-bond acceptors (Lipinski definition) is 35. The molecule has 0 radical (unpaired) electrons. The van der Waals surface area contributed by atoms with Crippen molar-refractivity contribution in [3.05, 3.63) is 47.5 Å². The molecule has 2 saturated heterocycles. The molecule has 7 heterocycles. The molecule has 0 saturated carbocycles. The van der Waals surface area contributed by atoms with Gasteiger partial charge in [0.25, 0.3) is 0 Å². The van der Waals surface area contributed by atoms with E-state index in [4.69, 9.17) is 45.6 Å². The molecule has 0 aliphatic carbocycles. The van der Waals surface area contributed by atoms with Crippen molar-refractivity contribution in [1.29, 1.82) is 0 Å². The number of esters is 6. The number of Topliss-reactive ketones (excluding diaryl/α,β-unsaturated/α-hetero) is 1. The number of ether oxygens (including phenoxy) is 6. The molecule has 10 unspecified atom stereocenters. The van der Waals surface area contributed by atoms with Gasteiger partial charge in [-0.05, 0) is 72.2 Å². The van der Waals surface area contributed by atoms with Crippen molar-refractivity contribution in [2.45, 2.75) is 242 Å². The molecule has 145 heavy (non-hydrogen) atoms. The number of primary amides is 2. The highest BCUT2D eigenvalue weighted by atomic mass is 32.2. The first-order valence-corrected chi connectivity index (χ1v) is 48.3. The number of aliphatic carboxylic acids is 1. The number of aromatic nitrogens is 2. The molecule has 9 rings (SSSR count). The van der Waals surface area contributed by atoms with Gasteiger partial charge in [0, 0.05) is 125 Å². The predicted octanol–water partition coefficient (Wildman–Crippen LogP) is -6.14. The summed E-state index contributed by atoms with van der Waals surface area (Å²) in [5.74, 6) is -27.6. The van der Waals surface area contributed by atoms with Gasteiger partial charge in [0.1, 0.15) is 91.3 Å². The van der Waals surface area contributed by atoms with Crippen LogP contribution >= 0.6 is 23.5 Å². The molecule has 23 N–H and O–H groups in total. The fourth-order valence-corrected chi connectivity index (χ4v) is 18.8. The number of H-pyrrole nitrogens is 2. The zero-order chi connectivity index (χ0) is 108. The van der Waals surface area contributed by atoms with Gasteiger partial charge in [0.2, 0.25) is 94.5 Å². The molecule has 2 aromatic carbocycles. The number of nitrogens with one attached hydrogen (secondary N) is 14. The first kappa shape index (κ1) is 116. The number of nitrogens with zero attached hydrogens (tertiary/aromatic N) is 2. The minimum absolute atomic E-state index is 0.0871. The van der Waals surface area contributed by atoms with Crippen LogP contribution in [0.4, 0.5) is 0 Å². The molecule has 16 amide bonds.